The van der Waals surface area contributed by atoms with Gasteiger partial charge in [-0.25, -0.2) is 0 Å². The highest BCUT2D eigenvalue weighted by Crippen LogP contribution is 2.55. The van der Waals surface area contributed by atoms with Crippen LogP contribution in [0.4, 0.5) is 0 Å². The van der Waals surface area contributed by atoms with Crippen molar-refractivity contribution in [2.24, 2.45) is 17.8 Å². The molecule has 0 heterocycles. The summed E-state index contributed by atoms with van der Waals surface area (Å²) in [7, 11) is 0. The van der Waals surface area contributed by atoms with Crippen molar-refractivity contribution < 1.29 is 9.53 Å². The summed E-state index contributed by atoms with van der Waals surface area (Å²) in [5.41, 5.74) is 2.37. The molecule has 1 amide bonds. The Morgan fingerprint density at radius 3 is 2.29 bits per heavy atom. The Kier molecular flexibility index (Phi) is 3.85. The predicted molar refractivity (Wildman–Crippen MR) is 95.1 cm³/mol. The summed E-state index contributed by atoms with van der Waals surface area (Å²) in [4.78, 5) is 12.8. The van der Waals surface area contributed by atoms with Gasteiger partial charge in [0.25, 0.3) is 5.91 Å². The van der Waals surface area contributed by atoms with Gasteiger partial charge in [-0.05, 0) is 94.2 Å². The topological polar surface area (TPSA) is 38.3 Å². The third-order valence-corrected chi connectivity index (χ3v) is 6.65. The number of ether oxygens (including phenoxy) is 1. The Morgan fingerprint density at radius 2 is 1.71 bits per heavy atom. The van der Waals surface area contributed by atoms with Crippen molar-refractivity contribution in [1.29, 1.82) is 0 Å². The SMILES string of the molecule is Cc1cccc(O[C@@H](C)C(=O)NC23CC4CC(CC(C4)C2)C3)c1C. The summed E-state index contributed by atoms with van der Waals surface area (Å²) in [5.74, 6) is 3.39. The number of nitrogens with one attached hydrogen (secondary N) is 1. The number of hydrogen-bond acceptors (Lipinski definition) is 2. The molecule has 130 valence electrons. The number of carbonyl (C=O) groups excluding carboxylic acids is 1. The van der Waals surface area contributed by atoms with Gasteiger partial charge in [-0.2, -0.15) is 0 Å². The molecule has 4 bridgehead atoms. The molecule has 1 atom stereocenters. The molecular formula is C21H29NO2. The Labute approximate surface area is 145 Å². The van der Waals surface area contributed by atoms with Gasteiger partial charge in [-0.1, -0.05) is 12.1 Å². The van der Waals surface area contributed by atoms with Gasteiger partial charge >= 0.3 is 0 Å². The van der Waals surface area contributed by atoms with E-state index in [2.05, 4.69) is 18.3 Å². The van der Waals surface area contributed by atoms with Gasteiger partial charge in [0, 0.05) is 5.54 Å². The number of carbonyl (C=O) groups is 1. The Morgan fingerprint density at radius 1 is 1.12 bits per heavy atom. The summed E-state index contributed by atoms with van der Waals surface area (Å²) in [6, 6.07) is 6.01. The van der Waals surface area contributed by atoms with Crippen LogP contribution in [0.1, 0.15) is 56.6 Å². The fourth-order valence-electron chi connectivity index (χ4n) is 5.72. The molecule has 1 aromatic rings. The molecule has 0 saturated heterocycles. The zero-order valence-corrected chi connectivity index (χ0v) is 15.1. The normalized spacial score (nSPS) is 34.9. The zero-order valence-electron chi connectivity index (χ0n) is 15.1. The molecule has 0 spiro atoms. The summed E-state index contributed by atoms with van der Waals surface area (Å²) in [6.07, 6.45) is 7.28. The minimum Gasteiger partial charge on any atom is -0.481 e. The van der Waals surface area contributed by atoms with Crippen LogP contribution in [-0.2, 0) is 4.79 Å². The fourth-order valence-corrected chi connectivity index (χ4v) is 5.72. The molecule has 0 radical (unpaired) electrons. The lowest BCUT2D eigenvalue weighted by atomic mass is 9.53. The van der Waals surface area contributed by atoms with Crippen molar-refractivity contribution in [2.45, 2.75) is 70.9 Å². The van der Waals surface area contributed by atoms with Gasteiger partial charge in [-0.3, -0.25) is 4.79 Å². The molecule has 1 aromatic carbocycles. The summed E-state index contributed by atoms with van der Waals surface area (Å²) in [5, 5.41) is 3.41. The number of benzene rings is 1. The first-order valence-electron chi connectivity index (χ1n) is 9.49. The van der Waals surface area contributed by atoms with Crippen LogP contribution in [-0.4, -0.2) is 17.6 Å². The standard InChI is InChI=1S/C21H29NO2/c1-13-5-4-6-19(14(13)2)24-15(3)20(23)22-21-10-16-7-17(11-21)9-18(8-16)12-21/h4-6,15-18H,7-12H2,1-3H3,(H,22,23)/t15-,16?,17?,18?,21?/m0/s1. The van der Waals surface area contributed by atoms with Crippen LogP contribution in [0.3, 0.4) is 0 Å². The molecule has 4 fully saturated rings. The highest BCUT2D eigenvalue weighted by atomic mass is 16.5. The van der Waals surface area contributed by atoms with Gasteiger partial charge in [0.2, 0.25) is 0 Å². The molecule has 4 aliphatic carbocycles. The van der Waals surface area contributed by atoms with E-state index in [4.69, 9.17) is 4.74 Å². The van der Waals surface area contributed by atoms with Gasteiger partial charge in [0.05, 0.1) is 0 Å². The molecular weight excluding hydrogens is 298 g/mol. The highest BCUT2D eigenvalue weighted by molar-refractivity contribution is 5.81. The third kappa shape index (κ3) is 2.82. The van der Waals surface area contributed by atoms with E-state index in [1.165, 1.54) is 44.1 Å². The smallest absolute Gasteiger partial charge is 0.261 e. The number of hydrogen-bond donors (Lipinski definition) is 1. The Hall–Kier alpha value is -1.51. The van der Waals surface area contributed by atoms with E-state index in [0.29, 0.717) is 0 Å². The van der Waals surface area contributed by atoms with E-state index in [-0.39, 0.29) is 11.4 Å². The van der Waals surface area contributed by atoms with Crippen molar-refractivity contribution in [3.05, 3.63) is 29.3 Å². The average molecular weight is 327 g/mol. The largest absolute Gasteiger partial charge is 0.481 e. The van der Waals surface area contributed by atoms with Crippen LogP contribution < -0.4 is 10.1 Å². The summed E-state index contributed by atoms with van der Waals surface area (Å²) >= 11 is 0. The first kappa shape index (κ1) is 16.0. The van der Waals surface area contributed by atoms with Crippen molar-refractivity contribution in [2.75, 3.05) is 0 Å². The van der Waals surface area contributed by atoms with Crippen LogP contribution in [0.2, 0.25) is 0 Å². The molecule has 24 heavy (non-hydrogen) atoms. The van der Waals surface area contributed by atoms with E-state index >= 15 is 0 Å². The minimum absolute atomic E-state index is 0.0536. The molecule has 3 nitrogen and oxygen atoms in total. The summed E-state index contributed by atoms with van der Waals surface area (Å²) < 4.78 is 5.99. The second-order valence-electron chi connectivity index (χ2n) is 8.65. The molecule has 1 N–H and O–H groups in total. The van der Waals surface area contributed by atoms with Gasteiger partial charge in [0.1, 0.15) is 5.75 Å². The number of aryl methyl sites for hydroxylation is 1. The maximum atomic E-state index is 12.8. The molecule has 0 aromatic heterocycles. The van der Waals surface area contributed by atoms with Gasteiger partial charge < -0.3 is 10.1 Å². The van der Waals surface area contributed by atoms with Crippen LogP contribution in [0.25, 0.3) is 0 Å². The van der Waals surface area contributed by atoms with Crippen LogP contribution in [0.5, 0.6) is 5.75 Å². The second-order valence-corrected chi connectivity index (χ2v) is 8.65. The Balaban J connectivity index is 1.43. The monoisotopic (exact) mass is 327 g/mol. The van der Waals surface area contributed by atoms with Crippen molar-refractivity contribution in [3.8, 4) is 5.75 Å². The first-order valence-corrected chi connectivity index (χ1v) is 9.49. The lowest BCUT2D eigenvalue weighted by Crippen LogP contribution is -2.61. The van der Waals surface area contributed by atoms with Gasteiger partial charge in [0.15, 0.2) is 6.10 Å². The molecule has 0 unspecified atom stereocenters. The second kappa shape index (κ2) is 5.79. The lowest BCUT2D eigenvalue weighted by Gasteiger charge is -2.57. The summed E-state index contributed by atoms with van der Waals surface area (Å²) in [6.45, 7) is 5.99. The van der Waals surface area contributed by atoms with Crippen LogP contribution in [0.15, 0.2) is 18.2 Å². The quantitative estimate of drug-likeness (QED) is 0.902. The molecule has 0 aliphatic heterocycles. The maximum Gasteiger partial charge on any atom is 0.261 e. The zero-order chi connectivity index (χ0) is 16.9. The van der Waals surface area contributed by atoms with Crippen molar-refractivity contribution in [3.63, 3.8) is 0 Å². The predicted octanol–water partition coefficient (Wildman–Crippen LogP) is 4.16. The molecule has 4 saturated carbocycles. The fraction of sp³-hybridized carbons (Fsp3) is 0.667. The molecule has 3 heteroatoms. The van der Waals surface area contributed by atoms with E-state index in [9.17, 15) is 4.79 Å². The highest BCUT2D eigenvalue weighted by Gasteiger charge is 2.51. The number of amides is 1. The number of rotatable bonds is 4. The van der Waals surface area contributed by atoms with E-state index < -0.39 is 6.10 Å². The van der Waals surface area contributed by atoms with Gasteiger partial charge in [-0.15, -0.1) is 0 Å². The minimum atomic E-state index is -0.446. The van der Waals surface area contributed by atoms with E-state index in [1.807, 2.05) is 26.0 Å². The van der Waals surface area contributed by atoms with Crippen LogP contribution in [0, 0.1) is 31.6 Å². The van der Waals surface area contributed by atoms with Crippen molar-refractivity contribution >= 4 is 5.91 Å². The molecule has 4 aliphatic rings. The first-order chi connectivity index (χ1) is 11.4. The average Bonchev–Trinajstić information content (AvgIpc) is 2.50. The van der Waals surface area contributed by atoms with E-state index in [0.717, 1.165) is 29.1 Å². The molecule has 5 rings (SSSR count). The van der Waals surface area contributed by atoms with E-state index in [1.54, 1.807) is 0 Å². The lowest BCUT2D eigenvalue weighted by molar-refractivity contribution is -0.133. The third-order valence-electron chi connectivity index (χ3n) is 6.65. The Bertz CT molecular complexity index is 616. The van der Waals surface area contributed by atoms with Crippen molar-refractivity contribution in [1.82, 2.24) is 5.32 Å². The van der Waals surface area contributed by atoms with Crippen LogP contribution >= 0.6 is 0 Å². The maximum absolute atomic E-state index is 12.8.